The second-order valence-corrected chi connectivity index (χ2v) is 4.18. The van der Waals surface area contributed by atoms with Crippen molar-refractivity contribution in [2.75, 3.05) is 6.61 Å². The molecule has 0 aromatic rings. The molecular weight excluding hydrogens is 274 g/mol. The van der Waals surface area contributed by atoms with E-state index in [4.69, 9.17) is 14.9 Å². The zero-order valence-electron chi connectivity index (χ0n) is 11.1. The third-order valence-electron chi connectivity index (χ3n) is 2.50. The van der Waals surface area contributed by atoms with E-state index in [1.165, 1.54) is 0 Å². The number of amides is 1. The van der Waals surface area contributed by atoms with Crippen LogP contribution < -0.4 is 5.32 Å². The number of ether oxygens (including phenoxy) is 1. The van der Waals surface area contributed by atoms with Gasteiger partial charge in [0.1, 0.15) is 30.6 Å². The van der Waals surface area contributed by atoms with Gasteiger partial charge in [0.2, 0.25) is 5.91 Å². The molecule has 0 spiro atoms. The maximum absolute atomic E-state index is 11.0. The van der Waals surface area contributed by atoms with Gasteiger partial charge in [-0.2, -0.15) is 0 Å². The Labute approximate surface area is 115 Å². The topological polar surface area (TPSA) is 153 Å². The van der Waals surface area contributed by atoms with Gasteiger partial charge in [-0.3, -0.25) is 4.79 Å². The van der Waals surface area contributed by atoms with Crippen LogP contribution in [0.15, 0.2) is 0 Å². The van der Waals surface area contributed by atoms with Crippen LogP contribution in [0.1, 0.15) is 13.8 Å². The van der Waals surface area contributed by atoms with Gasteiger partial charge in [0, 0.05) is 6.92 Å². The molecular formula is C11H19NO8. The Balaban J connectivity index is 5.15. The first-order chi connectivity index (χ1) is 9.24. The second-order valence-electron chi connectivity index (χ2n) is 4.18. The molecule has 116 valence electrons. The number of aliphatic hydroxyl groups is 3. The molecule has 0 aliphatic rings. The molecule has 20 heavy (non-hydrogen) atoms. The van der Waals surface area contributed by atoms with Crippen molar-refractivity contribution in [1.82, 2.24) is 5.32 Å². The summed E-state index contributed by atoms with van der Waals surface area (Å²) in [6, 6.07) is -1.37. The first-order valence-electron chi connectivity index (χ1n) is 5.82. The van der Waals surface area contributed by atoms with Crippen LogP contribution >= 0.6 is 0 Å². The standard InChI is InChI=1S/C11H19NO8/c1-5(11(18)19)20-10(9(17)8(16)4-14)7(3-13)12-6(2)15/h3,5,7-10,14,16-17H,4H2,1-2H3,(H,12,15)(H,18,19)/t5-,7+,8-,9-,10-/m0/s1. The minimum absolute atomic E-state index is 0.244. The molecule has 0 radical (unpaired) electrons. The van der Waals surface area contributed by atoms with E-state index < -0.39 is 48.9 Å². The summed E-state index contributed by atoms with van der Waals surface area (Å²) in [5, 5.41) is 38.8. The zero-order chi connectivity index (χ0) is 15.9. The molecule has 0 bridgehead atoms. The fraction of sp³-hybridized carbons (Fsp3) is 0.727. The fourth-order valence-electron chi connectivity index (χ4n) is 1.43. The Morgan fingerprint density at radius 3 is 2.25 bits per heavy atom. The summed E-state index contributed by atoms with van der Waals surface area (Å²) < 4.78 is 4.98. The molecule has 0 aliphatic heterocycles. The number of aliphatic carboxylic acids is 1. The number of rotatable bonds is 9. The molecule has 0 aromatic heterocycles. The molecule has 9 nitrogen and oxygen atoms in total. The number of aldehydes is 1. The highest BCUT2D eigenvalue weighted by Gasteiger charge is 2.36. The molecule has 0 saturated heterocycles. The molecule has 0 fully saturated rings. The Hall–Kier alpha value is -1.55. The molecule has 0 unspecified atom stereocenters. The summed E-state index contributed by atoms with van der Waals surface area (Å²) >= 11 is 0. The van der Waals surface area contributed by atoms with Crippen LogP contribution in [0.2, 0.25) is 0 Å². The maximum Gasteiger partial charge on any atom is 0.332 e. The monoisotopic (exact) mass is 293 g/mol. The van der Waals surface area contributed by atoms with Gasteiger partial charge in [0.05, 0.1) is 6.61 Å². The molecule has 0 aromatic carbocycles. The Morgan fingerprint density at radius 1 is 1.35 bits per heavy atom. The number of carboxylic acid groups (broad SMARTS) is 1. The van der Waals surface area contributed by atoms with Gasteiger partial charge in [0.15, 0.2) is 6.10 Å². The summed E-state index contributed by atoms with van der Waals surface area (Å²) in [5.41, 5.74) is 0. The van der Waals surface area contributed by atoms with Gasteiger partial charge in [-0.15, -0.1) is 0 Å². The van der Waals surface area contributed by atoms with Crippen molar-refractivity contribution in [2.45, 2.75) is 44.3 Å². The van der Waals surface area contributed by atoms with E-state index in [0.717, 1.165) is 13.8 Å². The molecule has 0 heterocycles. The van der Waals surface area contributed by atoms with Crippen LogP contribution in [-0.4, -0.2) is 75.7 Å². The van der Waals surface area contributed by atoms with Crippen molar-refractivity contribution in [3.05, 3.63) is 0 Å². The number of hydrogen-bond donors (Lipinski definition) is 5. The minimum atomic E-state index is -1.76. The van der Waals surface area contributed by atoms with Crippen LogP contribution in [0.3, 0.4) is 0 Å². The third-order valence-corrected chi connectivity index (χ3v) is 2.50. The van der Waals surface area contributed by atoms with Gasteiger partial charge < -0.3 is 35.3 Å². The predicted octanol–water partition coefficient (Wildman–Crippen LogP) is -2.74. The highest BCUT2D eigenvalue weighted by molar-refractivity contribution is 5.77. The highest BCUT2D eigenvalue weighted by atomic mass is 16.5. The van der Waals surface area contributed by atoms with Crippen LogP contribution in [0.4, 0.5) is 0 Å². The van der Waals surface area contributed by atoms with Gasteiger partial charge >= 0.3 is 5.97 Å². The smallest absolute Gasteiger partial charge is 0.332 e. The number of carbonyl (C=O) groups excluding carboxylic acids is 2. The Kier molecular flexibility index (Phi) is 7.92. The normalized spacial score (nSPS) is 18.4. The van der Waals surface area contributed by atoms with Crippen LogP contribution in [0.5, 0.6) is 0 Å². The van der Waals surface area contributed by atoms with Crippen molar-refractivity contribution in [2.24, 2.45) is 0 Å². The first-order valence-corrected chi connectivity index (χ1v) is 5.82. The molecule has 0 rings (SSSR count). The molecule has 5 N–H and O–H groups in total. The first kappa shape index (κ1) is 18.4. The summed E-state index contributed by atoms with van der Waals surface area (Å²) in [6.45, 7) is 1.44. The molecule has 0 aliphatic carbocycles. The summed E-state index contributed by atoms with van der Waals surface area (Å²) in [5.74, 6) is -1.96. The largest absolute Gasteiger partial charge is 0.479 e. The Bertz CT molecular complexity index is 347. The number of nitrogens with one attached hydrogen (secondary N) is 1. The molecule has 5 atom stereocenters. The maximum atomic E-state index is 11.0. The van der Waals surface area contributed by atoms with E-state index in [1.807, 2.05) is 0 Å². The average molecular weight is 293 g/mol. The molecule has 0 saturated carbocycles. The fourth-order valence-corrected chi connectivity index (χ4v) is 1.43. The van der Waals surface area contributed by atoms with Crippen molar-refractivity contribution >= 4 is 18.2 Å². The summed E-state index contributed by atoms with van der Waals surface area (Å²) in [7, 11) is 0. The lowest BCUT2D eigenvalue weighted by Gasteiger charge is -2.31. The van der Waals surface area contributed by atoms with Gasteiger partial charge in [-0.05, 0) is 6.92 Å². The lowest BCUT2D eigenvalue weighted by Crippen LogP contribution is -2.55. The summed E-state index contributed by atoms with van der Waals surface area (Å²) in [4.78, 5) is 32.7. The number of carboxylic acids is 1. The quantitative estimate of drug-likeness (QED) is 0.287. The summed E-state index contributed by atoms with van der Waals surface area (Å²) in [6.07, 6.45) is -6.09. The lowest BCUT2D eigenvalue weighted by molar-refractivity contribution is -0.168. The molecule has 9 heteroatoms. The number of aliphatic hydroxyl groups excluding tert-OH is 3. The van der Waals surface area contributed by atoms with Crippen molar-refractivity contribution in [3.8, 4) is 0 Å². The predicted molar refractivity (Wildman–Crippen MR) is 64.7 cm³/mol. The zero-order valence-corrected chi connectivity index (χ0v) is 11.1. The van der Waals surface area contributed by atoms with Crippen LogP contribution in [0.25, 0.3) is 0 Å². The van der Waals surface area contributed by atoms with Crippen molar-refractivity contribution in [3.63, 3.8) is 0 Å². The van der Waals surface area contributed by atoms with Crippen molar-refractivity contribution < 1.29 is 39.5 Å². The van der Waals surface area contributed by atoms with Gasteiger partial charge in [-0.1, -0.05) is 0 Å². The minimum Gasteiger partial charge on any atom is -0.479 e. The average Bonchev–Trinajstić information content (AvgIpc) is 2.39. The van der Waals surface area contributed by atoms with Crippen molar-refractivity contribution in [1.29, 1.82) is 0 Å². The van der Waals surface area contributed by atoms with Crippen LogP contribution in [0, 0.1) is 0 Å². The van der Waals surface area contributed by atoms with E-state index in [1.54, 1.807) is 0 Å². The second kappa shape index (κ2) is 8.59. The van der Waals surface area contributed by atoms with E-state index in [9.17, 15) is 24.6 Å². The van der Waals surface area contributed by atoms with E-state index in [2.05, 4.69) is 5.32 Å². The third kappa shape index (κ3) is 5.61. The van der Waals surface area contributed by atoms with E-state index >= 15 is 0 Å². The van der Waals surface area contributed by atoms with Crippen LogP contribution in [-0.2, 0) is 19.1 Å². The van der Waals surface area contributed by atoms with E-state index in [0.29, 0.717) is 0 Å². The van der Waals surface area contributed by atoms with E-state index in [-0.39, 0.29) is 6.29 Å². The lowest BCUT2D eigenvalue weighted by atomic mass is 10.0. The Morgan fingerprint density at radius 2 is 1.90 bits per heavy atom. The number of carbonyl (C=O) groups is 3. The van der Waals surface area contributed by atoms with Gasteiger partial charge in [0.25, 0.3) is 0 Å². The highest BCUT2D eigenvalue weighted by Crippen LogP contribution is 2.12. The SMILES string of the molecule is CC(=O)N[C@H](C=O)[C@H](O[C@@H](C)C(=O)O)[C@@H](O)[C@@H](O)CO. The van der Waals surface area contributed by atoms with Gasteiger partial charge in [-0.25, -0.2) is 4.79 Å². The number of hydrogen-bond acceptors (Lipinski definition) is 7. The molecule has 1 amide bonds.